The lowest BCUT2D eigenvalue weighted by molar-refractivity contribution is 0.0933. The molecular weight excluding hydrogens is 234 g/mol. The molecule has 0 saturated carbocycles. The Balaban J connectivity index is 2.03. The molecule has 0 fully saturated rings. The van der Waals surface area contributed by atoms with Crippen LogP contribution in [0.25, 0.3) is 0 Å². The molecule has 0 radical (unpaired) electrons. The van der Waals surface area contributed by atoms with Crippen LogP contribution in [-0.2, 0) is 0 Å². The van der Waals surface area contributed by atoms with Crippen molar-refractivity contribution in [1.82, 2.24) is 30.5 Å². The van der Waals surface area contributed by atoms with Gasteiger partial charge in [-0.15, -0.1) is 0 Å². The van der Waals surface area contributed by atoms with Crippen LogP contribution in [0.3, 0.4) is 0 Å². The molecule has 0 aliphatic rings. The Morgan fingerprint density at radius 1 is 1.33 bits per heavy atom. The van der Waals surface area contributed by atoms with Gasteiger partial charge in [-0.3, -0.25) is 9.89 Å². The van der Waals surface area contributed by atoms with E-state index in [0.717, 1.165) is 0 Å². The molecule has 1 atom stereocenters. The fraction of sp³-hybridized carbons (Fsp3) is 0.300. The third kappa shape index (κ3) is 2.59. The van der Waals surface area contributed by atoms with Crippen molar-refractivity contribution in [3.8, 4) is 0 Å². The predicted molar refractivity (Wildman–Crippen MR) is 63.8 cm³/mol. The SMILES string of the molecule is CNc1cnc(C(=O)NC(C)c2ncn[nH]2)cn1. The van der Waals surface area contributed by atoms with E-state index in [0.29, 0.717) is 11.6 Å². The van der Waals surface area contributed by atoms with Gasteiger partial charge in [0.05, 0.1) is 18.4 Å². The summed E-state index contributed by atoms with van der Waals surface area (Å²) in [5.41, 5.74) is 0.250. The molecule has 1 amide bonds. The molecule has 0 aromatic carbocycles. The van der Waals surface area contributed by atoms with Crippen LogP contribution in [0.4, 0.5) is 5.82 Å². The maximum absolute atomic E-state index is 11.9. The number of hydrogen-bond acceptors (Lipinski definition) is 6. The van der Waals surface area contributed by atoms with Crippen LogP contribution in [-0.4, -0.2) is 38.1 Å². The predicted octanol–water partition coefficient (Wildman–Crippen LogP) is 0.127. The number of aromatic nitrogens is 5. The first-order chi connectivity index (χ1) is 8.70. The maximum Gasteiger partial charge on any atom is 0.272 e. The second-order valence-corrected chi connectivity index (χ2v) is 3.60. The number of rotatable bonds is 4. The van der Waals surface area contributed by atoms with Crippen molar-refractivity contribution in [1.29, 1.82) is 0 Å². The van der Waals surface area contributed by atoms with Gasteiger partial charge < -0.3 is 10.6 Å². The highest BCUT2D eigenvalue weighted by Crippen LogP contribution is 2.06. The van der Waals surface area contributed by atoms with Gasteiger partial charge in [0.2, 0.25) is 0 Å². The molecule has 2 heterocycles. The largest absolute Gasteiger partial charge is 0.372 e. The minimum absolute atomic E-state index is 0.250. The zero-order valence-corrected chi connectivity index (χ0v) is 10.0. The zero-order chi connectivity index (χ0) is 13.0. The lowest BCUT2D eigenvalue weighted by atomic mass is 10.3. The summed E-state index contributed by atoms with van der Waals surface area (Å²) in [6.45, 7) is 1.80. The molecule has 8 heteroatoms. The summed E-state index contributed by atoms with van der Waals surface area (Å²) in [4.78, 5) is 23.8. The first-order valence-electron chi connectivity index (χ1n) is 5.36. The number of carbonyl (C=O) groups excluding carboxylic acids is 1. The van der Waals surface area contributed by atoms with Gasteiger partial charge in [-0.05, 0) is 6.92 Å². The van der Waals surface area contributed by atoms with Gasteiger partial charge in [0, 0.05) is 7.05 Å². The highest BCUT2D eigenvalue weighted by atomic mass is 16.1. The molecule has 0 saturated heterocycles. The topological polar surface area (TPSA) is 108 Å². The van der Waals surface area contributed by atoms with E-state index in [1.807, 2.05) is 0 Å². The molecule has 2 aromatic rings. The van der Waals surface area contributed by atoms with E-state index in [-0.39, 0.29) is 17.6 Å². The molecule has 94 valence electrons. The van der Waals surface area contributed by atoms with E-state index < -0.39 is 0 Å². The molecule has 0 aliphatic carbocycles. The minimum Gasteiger partial charge on any atom is -0.372 e. The van der Waals surface area contributed by atoms with Crippen LogP contribution in [0.15, 0.2) is 18.7 Å². The fourth-order valence-corrected chi connectivity index (χ4v) is 1.34. The van der Waals surface area contributed by atoms with Gasteiger partial charge in [0.25, 0.3) is 5.91 Å². The number of amides is 1. The van der Waals surface area contributed by atoms with E-state index in [2.05, 4.69) is 35.8 Å². The van der Waals surface area contributed by atoms with Crippen LogP contribution in [0, 0.1) is 0 Å². The Bertz CT molecular complexity index is 508. The smallest absolute Gasteiger partial charge is 0.272 e. The maximum atomic E-state index is 11.9. The Morgan fingerprint density at radius 3 is 2.72 bits per heavy atom. The standard InChI is InChI=1S/C10H13N7O/c1-6(9-14-5-15-17-9)16-10(18)7-3-13-8(11-2)4-12-7/h3-6H,1-2H3,(H,11,13)(H,16,18)(H,14,15,17). The summed E-state index contributed by atoms with van der Waals surface area (Å²) in [5, 5.41) is 12.0. The van der Waals surface area contributed by atoms with E-state index in [1.54, 1.807) is 14.0 Å². The second kappa shape index (κ2) is 5.21. The quantitative estimate of drug-likeness (QED) is 0.708. The highest BCUT2D eigenvalue weighted by molar-refractivity contribution is 5.92. The summed E-state index contributed by atoms with van der Waals surface area (Å²) < 4.78 is 0. The lowest BCUT2D eigenvalue weighted by Gasteiger charge is -2.10. The molecule has 0 spiro atoms. The molecule has 18 heavy (non-hydrogen) atoms. The molecular formula is C10H13N7O. The van der Waals surface area contributed by atoms with Gasteiger partial charge in [-0.2, -0.15) is 5.10 Å². The van der Waals surface area contributed by atoms with Crippen molar-refractivity contribution < 1.29 is 4.79 Å². The number of aromatic amines is 1. The average molecular weight is 247 g/mol. The van der Waals surface area contributed by atoms with E-state index in [4.69, 9.17) is 0 Å². The van der Waals surface area contributed by atoms with Crippen molar-refractivity contribution in [2.24, 2.45) is 0 Å². The monoisotopic (exact) mass is 247 g/mol. The number of nitrogens with zero attached hydrogens (tertiary/aromatic N) is 4. The van der Waals surface area contributed by atoms with Crippen molar-refractivity contribution >= 4 is 11.7 Å². The molecule has 2 rings (SSSR count). The third-order valence-electron chi connectivity index (χ3n) is 2.33. The van der Waals surface area contributed by atoms with Crippen LogP contribution in [0.5, 0.6) is 0 Å². The first kappa shape index (κ1) is 12.0. The third-order valence-corrected chi connectivity index (χ3v) is 2.33. The number of nitrogens with one attached hydrogen (secondary N) is 3. The second-order valence-electron chi connectivity index (χ2n) is 3.60. The number of H-pyrrole nitrogens is 1. The molecule has 3 N–H and O–H groups in total. The van der Waals surface area contributed by atoms with Gasteiger partial charge in [-0.1, -0.05) is 0 Å². The van der Waals surface area contributed by atoms with Gasteiger partial charge >= 0.3 is 0 Å². The Morgan fingerprint density at radius 2 is 2.17 bits per heavy atom. The normalized spacial score (nSPS) is 11.9. The van der Waals surface area contributed by atoms with Crippen molar-refractivity contribution in [3.63, 3.8) is 0 Å². The molecule has 8 nitrogen and oxygen atoms in total. The van der Waals surface area contributed by atoms with Gasteiger partial charge in [0.15, 0.2) is 0 Å². The molecule has 2 aromatic heterocycles. The van der Waals surface area contributed by atoms with Crippen molar-refractivity contribution in [2.75, 3.05) is 12.4 Å². The van der Waals surface area contributed by atoms with Gasteiger partial charge in [-0.25, -0.2) is 15.0 Å². The van der Waals surface area contributed by atoms with Crippen LogP contribution in [0.2, 0.25) is 0 Å². The number of anilines is 1. The van der Waals surface area contributed by atoms with Gasteiger partial charge in [0.1, 0.15) is 23.7 Å². The average Bonchev–Trinajstić information content (AvgIpc) is 2.92. The van der Waals surface area contributed by atoms with Crippen molar-refractivity contribution in [2.45, 2.75) is 13.0 Å². The molecule has 1 unspecified atom stereocenters. The summed E-state index contributed by atoms with van der Waals surface area (Å²) >= 11 is 0. The molecule has 0 bridgehead atoms. The van der Waals surface area contributed by atoms with Crippen LogP contribution < -0.4 is 10.6 Å². The summed E-state index contributed by atoms with van der Waals surface area (Å²) in [5.74, 6) is 0.882. The van der Waals surface area contributed by atoms with E-state index >= 15 is 0 Å². The summed E-state index contributed by atoms with van der Waals surface area (Å²) in [6, 6.07) is -0.272. The number of carbonyl (C=O) groups is 1. The van der Waals surface area contributed by atoms with Crippen LogP contribution >= 0.6 is 0 Å². The Hall–Kier alpha value is -2.51. The Kier molecular flexibility index (Phi) is 3.46. The van der Waals surface area contributed by atoms with Crippen LogP contribution in [0.1, 0.15) is 29.3 Å². The summed E-state index contributed by atoms with van der Waals surface area (Å²) in [6.07, 6.45) is 4.29. The Labute approximate surface area is 103 Å². The first-order valence-corrected chi connectivity index (χ1v) is 5.36. The fourth-order valence-electron chi connectivity index (χ4n) is 1.34. The van der Waals surface area contributed by atoms with Crippen molar-refractivity contribution in [3.05, 3.63) is 30.2 Å². The van der Waals surface area contributed by atoms with E-state index in [9.17, 15) is 4.79 Å². The molecule has 0 aliphatic heterocycles. The van der Waals surface area contributed by atoms with E-state index in [1.165, 1.54) is 18.7 Å². The summed E-state index contributed by atoms with van der Waals surface area (Å²) in [7, 11) is 1.73. The number of hydrogen-bond donors (Lipinski definition) is 3. The minimum atomic E-state index is -0.311. The highest BCUT2D eigenvalue weighted by Gasteiger charge is 2.14. The zero-order valence-electron chi connectivity index (χ0n) is 10.0. The lowest BCUT2D eigenvalue weighted by Crippen LogP contribution is -2.28.